The molecular weight excluding hydrogens is 246 g/mol. The van der Waals surface area contributed by atoms with Crippen molar-refractivity contribution in [3.8, 4) is 0 Å². The number of nitrogens with one attached hydrogen (secondary N) is 2. The third kappa shape index (κ3) is 3.45. The van der Waals surface area contributed by atoms with Crippen molar-refractivity contribution in [1.82, 2.24) is 15.5 Å². The first kappa shape index (κ1) is 13.8. The minimum absolute atomic E-state index is 0.185. The minimum atomic E-state index is -0.578. The number of nitrogens with zero attached hydrogens (tertiary/aromatic N) is 1. The maximum absolute atomic E-state index is 11.8. The number of piperidine rings is 1. The molecule has 0 spiro atoms. The second-order valence-corrected chi connectivity index (χ2v) is 5.33. The maximum atomic E-state index is 11.8. The van der Waals surface area contributed by atoms with E-state index in [-0.39, 0.29) is 23.9 Å². The topological polar surface area (TPSA) is 78.5 Å². The number of amides is 4. The van der Waals surface area contributed by atoms with E-state index in [0.717, 1.165) is 30.6 Å². The zero-order valence-corrected chi connectivity index (χ0v) is 11.3. The Labute approximate surface area is 112 Å². The highest BCUT2D eigenvalue weighted by Crippen LogP contribution is 2.17. The molecule has 1 aliphatic carbocycles. The first-order valence-electron chi connectivity index (χ1n) is 6.95. The summed E-state index contributed by atoms with van der Waals surface area (Å²) < 4.78 is 0. The Morgan fingerprint density at radius 1 is 1.11 bits per heavy atom. The van der Waals surface area contributed by atoms with Crippen LogP contribution in [0.2, 0.25) is 0 Å². The summed E-state index contributed by atoms with van der Waals surface area (Å²) in [5, 5.41) is 5.58. The smallest absolute Gasteiger partial charge is 0.315 e. The van der Waals surface area contributed by atoms with Crippen LogP contribution < -0.4 is 10.6 Å². The van der Waals surface area contributed by atoms with Crippen molar-refractivity contribution in [1.29, 1.82) is 0 Å². The van der Waals surface area contributed by atoms with E-state index in [4.69, 9.17) is 0 Å². The van der Waals surface area contributed by atoms with E-state index in [1.165, 1.54) is 13.5 Å². The molecule has 6 heteroatoms. The summed E-state index contributed by atoms with van der Waals surface area (Å²) in [7, 11) is 1.46. The van der Waals surface area contributed by atoms with Crippen LogP contribution in [0.25, 0.3) is 0 Å². The van der Waals surface area contributed by atoms with Crippen LogP contribution in [0.15, 0.2) is 0 Å². The van der Waals surface area contributed by atoms with Crippen LogP contribution in [0, 0.1) is 0 Å². The van der Waals surface area contributed by atoms with Crippen molar-refractivity contribution in [3.63, 3.8) is 0 Å². The van der Waals surface area contributed by atoms with Gasteiger partial charge < -0.3 is 10.6 Å². The summed E-state index contributed by atoms with van der Waals surface area (Å²) in [6, 6.07) is -0.661. The quantitative estimate of drug-likeness (QED) is 0.725. The van der Waals surface area contributed by atoms with E-state index in [9.17, 15) is 14.4 Å². The van der Waals surface area contributed by atoms with E-state index in [1.807, 2.05) is 0 Å². The number of rotatable bonds is 2. The first-order chi connectivity index (χ1) is 9.08. The highest BCUT2D eigenvalue weighted by molar-refractivity contribution is 6.01. The van der Waals surface area contributed by atoms with Crippen LogP contribution in [-0.2, 0) is 9.59 Å². The number of likely N-dealkylation sites (tertiary alicyclic amines) is 1. The van der Waals surface area contributed by atoms with Crippen molar-refractivity contribution in [3.05, 3.63) is 0 Å². The first-order valence-corrected chi connectivity index (χ1v) is 6.95. The summed E-state index contributed by atoms with van der Waals surface area (Å²) in [6.07, 6.45) is 6.22. The zero-order chi connectivity index (χ0) is 13.8. The molecule has 2 N–H and O–H groups in total. The van der Waals surface area contributed by atoms with Gasteiger partial charge in [0, 0.05) is 19.5 Å². The molecule has 2 aliphatic rings. The standard InChI is InChI=1S/C13H21N3O3/c1-16-11(17)8-7-10(12(16)18)15-13(19)14-9-5-3-2-4-6-9/h9-10H,2-8H2,1H3,(H2,14,15,19). The van der Waals surface area contributed by atoms with Gasteiger partial charge in [-0.1, -0.05) is 19.3 Å². The van der Waals surface area contributed by atoms with Crippen molar-refractivity contribution >= 4 is 17.8 Å². The van der Waals surface area contributed by atoms with Gasteiger partial charge in [0.05, 0.1) is 0 Å². The predicted octanol–water partition coefficient (Wildman–Crippen LogP) is 0.766. The lowest BCUT2D eigenvalue weighted by Crippen LogP contribution is -2.56. The molecule has 1 heterocycles. The fourth-order valence-corrected chi connectivity index (χ4v) is 2.68. The third-order valence-electron chi connectivity index (χ3n) is 3.90. The Morgan fingerprint density at radius 3 is 2.47 bits per heavy atom. The SMILES string of the molecule is CN1C(=O)CCC(NC(=O)NC2CCCCC2)C1=O. The second kappa shape index (κ2) is 6.04. The van der Waals surface area contributed by atoms with Gasteiger partial charge in [0.1, 0.15) is 6.04 Å². The van der Waals surface area contributed by atoms with E-state index < -0.39 is 6.04 Å². The van der Waals surface area contributed by atoms with Crippen LogP contribution in [0.4, 0.5) is 4.79 Å². The lowest BCUT2D eigenvalue weighted by Gasteiger charge is -2.29. The van der Waals surface area contributed by atoms with Crippen LogP contribution in [0.1, 0.15) is 44.9 Å². The molecule has 4 amide bonds. The fraction of sp³-hybridized carbons (Fsp3) is 0.769. The number of carbonyl (C=O) groups excluding carboxylic acids is 3. The Bertz CT molecular complexity index is 377. The van der Waals surface area contributed by atoms with E-state index in [2.05, 4.69) is 10.6 Å². The number of imide groups is 1. The van der Waals surface area contributed by atoms with E-state index in [0.29, 0.717) is 12.8 Å². The molecule has 1 aliphatic heterocycles. The van der Waals surface area contributed by atoms with Crippen LogP contribution in [0.3, 0.4) is 0 Å². The Balaban J connectivity index is 1.81. The van der Waals surface area contributed by atoms with Gasteiger partial charge in [0.2, 0.25) is 5.91 Å². The van der Waals surface area contributed by atoms with Gasteiger partial charge in [-0.05, 0) is 19.3 Å². The molecular formula is C13H21N3O3. The molecule has 0 aromatic rings. The molecule has 1 saturated heterocycles. The molecule has 1 unspecified atom stereocenters. The molecule has 0 radical (unpaired) electrons. The van der Waals surface area contributed by atoms with Crippen molar-refractivity contribution in [2.75, 3.05) is 7.05 Å². The van der Waals surface area contributed by atoms with E-state index >= 15 is 0 Å². The predicted molar refractivity (Wildman–Crippen MR) is 69.3 cm³/mol. The van der Waals surface area contributed by atoms with Crippen molar-refractivity contribution in [2.45, 2.75) is 57.0 Å². The van der Waals surface area contributed by atoms with Gasteiger partial charge in [0.15, 0.2) is 0 Å². The van der Waals surface area contributed by atoms with Crippen molar-refractivity contribution < 1.29 is 14.4 Å². The van der Waals surface area contributed by atoms with Crippen LogP contribution in [-0.4, -0.2) is 41.9 Å². The molecule has 0 bridgehead atoms. The molecule has 6 nitrogen and oxygen atoms in total. The maximum Gasteiger partial charge on any atom is 0.315 e. The number of hydrogen-bond acceptors (Lipinski definition) is 3. The van der Waals surface area contributed by atoms with Gasteiger partial charge in [0.25, 0.3) is 5.91 Å². The van der Waals surface area contributed by atoms with Crippen LogP contribution >= 0.6 is 0 Å². The lowest BCUT2D eigenvalue weighted by atomic mass is 9.96. The largest absolute Gasteiger partial charge is 0.335 e. The average Bonchev–Trinajstić information content (AvgIpc) is 2.41. The number of urea groups is 1. The van der Waals surface area contributed by atoms with Crippen molar-refractivity contribution in [2.24, 2.45) is 0 Å². The summed E-state index contributed by atoms with van der Waals surface area (Å²) in [6.45, 7) is 0. The second-order valence-electron chi connectivity index (χ2n) is 5.33. The monoisotopic (exact) mass is 267 g/mol. The van der Waals surface area contributed by atoms with Gasteiger partial charge in [-0.3, -0.25) is 14.5 Å². The zero-order valence-electron chi connectivity index (χ0n) is 11.3. The van der Waals surface area contributed by atoms with Gasteiger partial charge in [-0.2, -0.15) is 0 Å². The van der Waals surface area contributed by atoms with Gasteiger partial charge in [-0.15, -0.1) is 0 Å². The minimum Gasteiger partial charge on any atom is -0.335 e. The highest BCUT2D eigenvalue weighted by atomic mass is 16.2. The molecule has 2 rings (SSSR count). The highest BCUT2D eigenvalue weighted by Gasteiger charge is 2.32. The third-order valence-corrected chi connectivity index (χ3v) is 3.90. The summed E-state index contributed by atoms with van der Waals surface area (Å²) in [5.41, 5.74) is 0. The van der Waals surface area contributed by atoms with Crippen LogP contribution in [0.5, 0.6) is 0 Å². The molecule has 0 aromatic carbocycles. The molecule has 106 valence electrons. The average molecular weight is 267 g/mol. The number of hydrogen-bond donors (Lipinski definition) is 2. The Morgan fingerprint density at radius 2 is 1.79 bits per heavy atom. The van der Waals surface area contributed by atoms with E-state index in [1.54, 1.807) is 0 Å². The number of carbonyl (C=O) groups is 3. The number of likely N-dealkylation sites (N-methyl/N-ethyl adjacent to an activating group) is 1. The summed E-state index contributed by atoms with van der Waals surface area (Å²) in [4.78, 5) is 36.1. The molecule has 0 aromatic heterocycles. The fourth-order valence-electron chi connectivity index (χ4n) is 2.68. The summed E-state index contributed by atoms with van der Waals surface area (Å²) >= 11 is 0. The molecule has 2 fully saturated rings. The van der Waals surface area contributed by atoms with Gasteiger partial charge >= 0.3 is 6.03 Å². The normalized spacial score (nSPS) is 25.3. The Hall–Kier alpha value is -1.59. The lowest BCUT2D eigenvalue weighted by molar-refractivity contribution is -0.147. The van der Waals surface area contributed by atoms with Gasteiger partial charge in [-0.25, -0.2) is 4.79 Å². The Kier molecular flexibility index (Phi) is 4.39. The summed E-state index contributed by atoms with van der Waals surface area (Å²) in [5.74, 6) is -0.509. The molecule has 1 saturated carbocycles. The molecule has 19 heavy (non-hydrogen) atoms. The molecule has 1 atom stereocenters.